The molecule has 2 amide bonds. The Kier molecular flexibility index (Phi) is 9.24. The number of amides is 2. The highest BCUT2D eigenvalue weighted by atomic mass is 32.2. The Balaban J connectivity index is 0.000000890. The van der Waals surface area contributed by atoms with Crippen LogP contribution in [-0.4, -0.2) is 47.1 Å². The highest BCUT2D eigenvalue weighted by Gasteiger charge is 2.28. The molecular formula is C21H20N4O7S-2. The number of hydrogen-bond acceptors (Lipinski definition) is 9. The van der Waals surface area contributed by atoms with Crippen LogP contribution in [0, 0.1) is 0 Å². The van der Waals surface area contributed by atoms with Crippen LogP contribution in [0.3, 0.4) is 0 Å². The zero-order valence-corrected chi connectivity index (χ0v) is 18.1. The number of esters is 1. The van der Waals surface area contributed by atoms with Crippen molar-refractivity contribution in [2.75, 3.05) is 12.3 Å². The van der Waals surface area contributed by atoms with Crippen molar-refractivity contribution in [2.45, 2.75) is 17.7 Å². The number of carboxylic acid groups (broad SMARTS) is 2. The number of thioether (sulfide) groups is 1. The second-order valence-corrected chi connectivity index (χ2v) is 7.65. The first-order valence-corrected chi connectivity index (χ1v) is 10.5. The van der Waals surface area contributed by atoms with Gasteiger partial charge in [-0.15, -0.1) is 11.8 Å². The maximum atomic E-state index is 12.2. The fourth-order valence-electron chi connectivity index (χ4n) is 2.72. The van der Waals surface area contributed by atoms with Gasteiger partial charge in [0.1, 0.15) is 5.75 Å². The molecule has 11 nitrogen and oxygen atoms in total. The van der Waals surface area contributed by atoms with Crippen LogP contribution >= 0.6 is 11.8 Å². The number of imide groups is 1. The fraction of sp³-hybridized carbons (Fsp3) is 0.190. The minimum atomic E-state index is -2.33. The molecule has 1 fully saturated rings. The van der Waals surface area contributed by atoms with E-state index in [4.69, 9.17) is 31.2 Å². The summed E-state index contributed by atoms with van der Waals surface area (Å²) in [5.74, 6) is 0.259. The SMILES string of the molecule is NC(N)=Nc1ccc(C(=O)Oc2ccc(SCCN3C(=O)CCC3=O)cc2)cc1.O=C([O-])[O-]. The molecule has 0 aliphatic carbocycles. The zero-order valence-electron chi connectivity index (χ0n) is 17.3. The highest BCUT2D eigenvalue weighted by molar-refractivity contribution is 7.99. The van der Waals surface area contributed by atoms with Gasteiger partial charge in [-0.2, -0.15) is 0 Å². The summed E-state index contributed by atoms with van der Waals surface area (Å²) in [5, 5.41) is 16.7. The molecule has 33 heavy (non-hydrogen) atoms. The minimum absolute atomic E-state index is 0.0584. The Morgan fingerprint density at radius 2 is 1.52 bits per heavy atom. The van der Waals surface area contributed by atoms with Gasteiger partial charge in [0, 0.05) is 30.0 Å². The Morgan fingerprint density at radius 1 is 0.970 bits per heavy atom. The van der Waals surface area contributed by atoms with Crippen LogP contribution in [0.1, 0.15) is 23.2 Å². The van der Waals surface area contributed by atoms with E-state index in [0.29, 0.717) is 42.1 Å². The summed E-state index contributed by atoms with van der Waals surface area (Å²) < 4.78 is 5.36. The third kappa shape index (κ3) is 8.53. The number of nitrogens with two attached hydrogens (primary N) is 2. The molecule has 1 heterocycles. The molecular weight excluding hydrogens is 452 g/mol. The Hall–Kier alpha value is -4.06. The molecule has 3 rings (SSSR count). The summed E-state index contributed by atoms with van der Waals surface area (Å²) in [4.78, 5) is 49.9. The van der Waals surface area contributed by atoms with Crippen molar-refractivity contribution in [1.29, 1.82) is 0 Å². The lowest BCUT2D eigenvalue weighted by Gasteiger charge is -2.13. The summed E-state index contributed by atoms with van der Waals surface area (Å²) in [6.45, 7) is 0.398. The van der Waals surface area contributed by atoms with Gasteiger partial charge in [-0.1, -0.05) is 0 Å². The molecule has 0 bridgehead atoms. The van der Waals surface area contributed by atoms with Gasteiger partial charge in [0.05, 0.1) is 11.3 Å². The molecule has 174 valence electrons. The number of benzene rings is 2. The summed E-state index contributed by atoms with van der Waals surface area (Å²) >= 11 is 1.52. The minimum Gasteiger partial charge on any atom is -0.652 e. The lowest BCUT2D eigenvalue weighted by Crippen LogP contribution is -2.37. The van der Waals surface area contributed by atoms with E-state index in [2.05, 4.69) is 4.99 Å². The monoisotopic (exact) mass is 472 g/mol. The van der Waals surface area contributed by atoms with Gasteiger partial charge in [0.15, 0.2) is 5.96 Å². The molecule has 1 aliphatic heterocycles. The lowest BCUT2D eigenvalue weighted by atomic mass is 10.2. The largest absolute Gasteiger partial charge is 0.652 e. The van der Waals surface area contributed by atoms with E-state index in [9.17, 15) is 14.4 Å². The van der Waals surface area contributed by atoms with E-state index in [0.717, 1.165) is 4.90 Å². The van der Waals surface area contributed by atoms with E-state index in [1.807, 2.05) is 12.1 Å². The molecule has 12 heteroatoms. The molecule has 0 unspecified atom stereocenters. The number of carbonyl (C=O) groups excluding carboxylic acids is 4. The number of likely N-dealkylation sites (tertiary alicyclic amines) is 1. The molecule has 1 aliphatic rings. The number of carbonyl (C=O) groups is 4. The van der Waals surface area contributed by atoms with Crippen molar-refractivity contribution in [3.8, 4) is 5.75 Å². The average molecular weight is 472 g/mol. The van der Waals surface area contributed by atoms with E-state index in [1.165, 1.54) is 16.7 Å². The number of hydrogen-bond donors (Lipinski definition) is 2. The first-order chi connectivity index (χ1) is 15.7. The molecule has 0 saturated carbocycles. The van der Waals surface area contributed by atoms with E-state index >= 15 is 0 Å². The fourth-order valence-corrected chi connectivity index (χ4v) is 3.56. The van der Waals surface area contributed by atoms with Gasteiger partial charge >= 0.3 is 5.97 Å². The molecule has 2 aromatic carbocycles. The van der Waals surface area contributed by atoms with Crippen LogP contribution in [0.4, 0.5) is 10.5 Å². The molecule has 0 spiro atoms. The van der Waals surface area contributed by atoms with Crippen LogP contribution in [0.15, 0.2) is 58.4 Å². The van der Waals surface area contributed by atoms with Gasteiger partial charge < -0.3 is 31.2 Å². The third-order valence-electron chi connectivity index (χ3n) is 4.13. The van der Waals surface area contributed by atoms with Crippen molar-refractivity contribution in [3.05, 3.63) is 54.1 Å². The van der Waals surface area contributed by atoms with Crippen molar-refractivity contribution in [1.82, 2.24) is 4.90 Å². The van der Waals surface area contributed by atoms with E-state index in [-0.39, 0.29) is 17.8 Å². The molecule has 4 N–H and O–H groups in total. The van der Waals surface area contributed by atoms with E-state index in [1.54, 1.807) is 36.4 Å². The standard InChI is InChI=1S/C20H20N4O4S.CH2O3/c21-20(22)23-14-3-1-13(2-4-14)19(27)28-15-5-7-16(8-6-15)29-12-11-24-17(25)9-10-18(24)26;2-1(3)4/h1-8H,9-12H2,(H4,21,22,23);(H2,2,3,4)/p-2. The van der Waals surface area contributed by atoms with Crippen LogP contribution in [0.5, 0.6) is 5.75 Å². The van der Waals surface area contributed by atoms with Gasteiger partial charge in [0.2, 0.25) is 11.8 Å². The number of nitrogens with zero attached hydrogens (tertiary/aromatic N) is 2. The van der Waals surface area contributed by atoms with Crippen molar-refractivity contribution in [3.63, 3.8) is 0 Å². The Morgan fingerprint density at radius 3 is 2.03 bits per heavy atom. The predicted molar refractivity (Wildman–Crippen MR) is 115 cm³/mol. The molecule has 0 atom stereocenters. The van der Waals surface area contributed by atoms with Crippen LogP contribution in [0.25, 0.3) is 0 Å². The average Bonchev–Trinajstić information content (AvgIpc) is 3.07. The number of guanidine groups is 1. The first-order valence-electron chi connectivity index (χ1n) is 9.51. The Labute approximate surface area is 193 Å². The molecule has 0 radical (unpaired) electrons. The quantitative estimate of drug-likeness (QED) is 0.134. The highest BCUT2D eigenvalue weighted by Crippen LogP contribution is 2.23. The summed E-state index contributed by atoms with van der Waals surface area (Å²) in [5.41, 5.74) is 11.5. The Bertz CT molecular complexity index is 1020. The van der Waals surface area contributed by atoms with Gasteiger partial charge in [-0.05, 0) is 54.7 Å². The van der Waals surface area contributed by atoms with Gasteiger partial charge in [-0.25, -0.2) is 9.79 Å². The molecule has 1 saturated heterocycles. The van der Waals surface area contributed by atoms with E-state index < -0.39 is 12.1 Å². The molecule has 2 aromatic rings. The maximum Gasteiger partial charge on any atom is 0.343 e. The van der Waals surface area contributed by atoms with Crippen molar-refractivity contribution < 1.29 is 34.1 Å². The second-order valence-electron chi connectivity index (χ2n) is 6.48. The topological polar surface area (TPSA) is 191 Å². The zero-order chi connectivity index (χ0) is 24.4. The van der Waals surface area contributed by atoms with Crippen molar-refractivity contribution >= 4 is 47.3 Å². The number of ether oxygens (including phenoxy) is 1. The number of rotatable bonds is 7. The van der Waals surface area contributed by atoms with Gasteiger partial charge in [-0.3, -0.25) is 14.5 Å². The first kappa shape index (κ1) is 25.2. The van der Waals surface area contributed by atoms with Crippen LogP contribution in [-0.2, 0) is 9.59 Å². The van der Waals surface area contributed by atoms with Crippen LogP contribution < -0.4 is 26.4 Å². The number of aliphatic imine (C=N–C) groups is 1. The summed E-state index contributed by atoms with van der Waals surface area (Å²) in [6, 6.07) is 13.4. The van der Waals surface area contributed by atoms with Crippen molar-refractivity contribution in [2.24, 2.45) is 16.5 Å². The molecule has 0 aromatic heterocycles. The predicted octanol–water partition coefficient (Wildman–Crippen LogP) is -0.395. The normalized spacial score (nSPS) is 12.5. The summed E-state index contributed by atoms with van der Waals surface area (Å²) in [7, 11) is 0. The van der Waals surface area contributed by atoms with Crippen LogP contribution in [0.2, 0.25) is 0 Å². The lowest BCUT2D eigenvalue weighted by molar-refractivity contribution is -0.415. The maximum absolute atomic E-state index is 12.2. The van der Waals surface area contributed by atoms with Gasteiger partial charge in [0.25, 0.3) is 0 Å². The summed E-state index contributed by atoms with van der Waals surface area (Å²) in [6.07, 6.45) is -1.72. The second kappa shape index (κ2) is 12.1. The third-order valence-corrected chi connectivity index (χ3v) is 5.13. The smallest absolute Gasteiger partial charge is 0.343 e.